The lowest BCUT2D eigenvalue weighted by molar-refractivity contribution is -0.166. The second kappa shape index (κ2) is 65.0. The minimum absolute atomic E-state index is 0.136. The number of allylic oxidation sites excluding steroid dienone is 30. The van der Waals surface area contributed by atoms with Gasteiger partial charge in [0.1, 0.15) is 13.2 Å². The Kier molecular flexibility index (Phi) is 60.5. The first kappa shape index (κ1) is 73.5. The van der Waals surface area contributed by atoms with E-state index in [9.17, 15) is 14.4 Å². The molecule has 0 rings (SSSR count). The van der Waals surface area contributed by atoms with Crippen LogP contribution in [0.3, 0.4) is 0 Å². The van der Waals surface area contributed by atoms with Crippen molar-refractivity contribution in [3.8, 4) is 0 Å². The summed E-state index contributed by atoms with van der Waals surface area (Å²) in [7, 11) is 0. The zero-order valence-corrected chi connectivity index (χ0v) is 50.3. The number of hydrogen-bond donors (Lipinski definition) is 0. The van der Waals surface area contributed by atoms with Gasteiger partial charge in [0, 0.05) is 19.3 Å². The molecular formula is C73H112O6. The Bertz CT molecular complexity index is 1870. The van der Waals surface area contributed by atoms with Gasteiger partial charge in [-0.05, 0) is 135 Å². The van der Waals surface area contributed by atoms with E-state index in [2.05, 4.69) is 191 Å². The van der Waals surface area contributed by atoms with Crippen molar-refractivity contribution in [1.82, 2.24) is 0 Å². The monoisotopic (exact) mass is 1080 g/mol. The van der Waals surface area contributed by atoms with Crippen molar-refractivity contribution in [2.75, 3.05) is 13.2 Å². The highest BCUT2D eigenvalue weighted by molar-refractivity contribution is 5.71. The van der Waals surface area contributed by atoms with Gasteiger partial charge in [0.15, 0.2) is 6.10 Å². The Labute approximate surface area is 484 Å². The third-order valence-corrected chi connectivity index (χ3v) is 12.4. The van der Waals surface area contributed by atoms with Crippen molar-refractivity contribution in [2.45, 2.75) is 245 Å². The van der Waals surface area contributed by atoms with Crippen molar-refractivity contribution in [1.29, 1.82) is 0 Å². The van der Waals surface area contributed by atoms with Gasteiger partial charge in [-0.15, -0.1) is 0 Å². The molecule has 440 valence electrons. The van der Waals surface area contributed by atoms with Crippen LogP contribution in [0.25, 0.3) is 0 Å². The Morgan fingerprint density at radius 2 is 0.494 bits per heavy atom. The maximum atomic E-state index is 12.9. The molecule has 0 radical (unpaired) electrons. The highest BCUT2D eigenvalue weighted by Crippen LogP contribution is 2.14. The first-order valence-electron chi connectivity index (χ1n) is 31.3. The van der Waals surface area contributed by atoms with E-state index in [0.717, 1.165) is 122 Å². The average Bonchev–Trinajstić information content (AvgIpc) is 3.45. The molecule has 1 atom stereocenters. The molecule has 0 aromatic rings. The van der Waals surface area contributed by atoms with Crippen LogP contribution in [0.2, 0.25) is 0 Å². The lowest BCUT2D eigenvalue weighted by Crippen LogP contribution is -2.30. The maximum absolute atomic E-state index is 12.9. The standard InChI is InChI=1S/C73H112O6/c1-4-7-10-13-16-19-22-25-28-31-33-34-35-36-37-38-40-42-45-48-51-54-57-60-63-66-72(75)78-69-70(68-77-71(74)65-62-59-56-53-50-47-44-41-30-27-24-21-18-15-12-9-6-3)79-73(76)67-64-61-58-55-52-49-46-43-39-32-29-26-23-20-17-14-11-8-5-2/h7-12,16-21,25-30,33-34,39,43-44,47,49,52-53,56,58,61,70H,4-6,13-15,22-24,31-32,35-38,40-42,45-46,48,50-51,54-55,57,59-60,62-69H2,1-3H3/b10-7-,11-8-,12-9-,19-16-,20-17-,21-18-,28-25-,29-26-,30-27-,34-33-,43-39-,47-44-,52-49-,56-53-,61-58-. The van der Waals surface area contributed by atoms with E-state index in [1.165, 1.54) is 64.2 Å². The maximum Gasteiger partial charge on any atom is 0.306 e. The molecule has 0 bridgehead atoms. The van der Waals surface area contributed by atoms with Crippen LogP contribution in [0.4, 0.5) is 0 Å². The molecule has 6 nitrogen and oxygen atoms in total. The van der Waals surface area contributed by atoms with E-state index in [-0.39, 0.29) is 38.0 Å². The van der Waals surface area contributed by atoms with Gasteiger partial charge in [-0.1, -0.05) is 267 Å². The predicted molar refractivity (Wildman–Crippen MR) is 343 cm³/mol. The van der Waals surface area contributed by atoms with Crippen LogP contribution in [-0.2, 0) is 28.6 Å². The normalized spacial score (nSPS) is 13.4. The fourth-order valence-electron chi connectivity index (χ4n) is 7.85. The molecule has 0 saturated heterocycles. The van der Waals surface area contributed by atoms with Gasteiger partial charge >= 0.3 is 17.9 Å². The molecule has 1 unspecified atom stereocenters. The average molecular weight is 1090 g/mol. The molecule has 0 spiro atoms. The predicted octanol–water partition coefficient (Wildman–Crippen LogP) is 21.7. The van der Waals surface area contributed by atoms with Crippen LogP contribution in [0.1, 0.15) is 239 Å². The minimum atomic E-state index is -0.854. The van der Waals surface area contributed by atoms with E-state index in [0.29, 0.717) is 19.3 Å². The first-order valence-corrected chi connectivity index (χ1v) is 31.3. The summed E-state index contributed by atoms with van der Waals surface area (Å²) in [5.74, 6) is -1.09. The van der Waals surface area contributed by atoms with E-state index in [1.54, 1.807) is 0 Å². The Morgan fingerprint density at radius 3 is 0.810 bits per heavy atom. The van der Waals surface area contributed by atoms with Gasteiger partial charge < -0.3 is 14.2 Å². The summed E-state index contributed by atoms with van der Waals surface area (Å²) in [6.45, 7) is 6.18. The van der Waals surface area contributed by atoms with Gasteiger partial charge in [0.25, 0.3) is 0 Å². The van der Waals surface area contributed by atoms with Crippen molar-refractivity contribution >= 4 is 17.9 Å². The highest BCUT2D eigenvalue weighted by Gasteiger charge is 2.19. The minimum Gasteiger partial charge on any atom is -0.462 e. The Morgan fingerprint density at radius 1 is 0.253 bits per heavy atom. The second-order valence-corrected chi connectivity index (χ2v) is 19.8. The van der Waals surface area contributed by atoms with Gasteiger partial charge in [-0.25, -0.2) is 0 Å². The first-order chi connectivity index (χ1) is 39.0. The number of rotatable bonds is 54. The van der Waals surface area contributed by atoms with E-state index < -0.39 is 12.1 Å². The van der Waals surface area contributed by atoms with Crippen molar-refractivity contribution in [3.63, 3.8) is 0 Å². The number of esters is 3. The summed E-state index contributed by atoms with van der Waals surface area (Å²) in [6, 6.07) is 0. The molecule has 0 aliphatic carbocycles. The number of hydrogen-bond acceptors (Lipinski definition) is 6. The lowest BCUT2D eigenvalue weighted by Gasteiger charge is -2.18. The number of ether oxygens (including phenoxy) is 3. The van der Waals surface area contributed by atoms with Crippen LogP contribution in [0.15, 0.2) is 182 Å². The van der Waals surface area contributed by atoms with E-state index in [4.69, 9.17) is 14.2 Å². The summed E-state index contributed by atoms with van der Waals surface area (Å²) in [6.07, 6.45) is 97.7. The quantitative estimate of drug-likeness (QED) is 0.0261. The molecule has 0 aromatic heterocycles. The van der Waals surface area contributed by atoms with Crippen molar-refractivity contribution < 1.29 is 28.6 Å². The van der Waals surface area contributed by atoms with Gasteiger partial charge in [-0.2, -0.15) is 0 Å². The summed E-state index contributed by atoms with van der Waals surface area (Å²) in [5.41, 5.74) is 0. The van der Waals surface area contributed by atoms with Crippen LogP contribution in [0, 0.1) is 0 Å². The summed E-state index contributed by atoms with van der Waals surface area (Å²) < 4.78 is 16.8. The number of carbonyl (C=O) groups is 3. The summed E-state index contributed by atoms with van der Waals surface area (Å²) >= 11 is 0. The molecule has 0 fully saturated rings. The van der Waals surface area contributed by atoms with Crippen LogP contribution in [-0.4, -0.2) is 37.2 Å². The molecule has 0 amide bonds. The Balaban J connectivity index is 4.55. The molecular weight excluding hydrogens is 973 g/mol. The molecule has 0 saturated carbocycles. The molecule has 0 aliphatic rings. The van der Waals surface area contributed by atoms with Gasteiger partial charge in [0.05, 0.1) is 0 Å². The van der Waals surface area contributed by atoms with Crippen molar-refractivity contribution in [3.05, 3.63) is 182 Å². The molecule has 0 aromatic carbocycles. The molecule has 6 heteroatoms. The topological polar surface area (TPSA) is 78.9 Å². The molecule has 0 heterocycles. The fraction of sp³-hybridized carbons (Fsp3) is 0.548. The zero-order valence-electron chi connectivity index (χ0n) is 50.3. The largest absolute Gasteiger partial charge is 0.462 e. The summed E-state index contributed by atoms with van der Waals surface area (Å²) in [5, 5.41) is 0. The Hall–Kier alpha value is -5.49. The molecule has 79 heavy (non-hydrogen) atoms. The van der Waals surface area contributed by atoms with E-state index in [1.807, 2.05) is 12.2 Å². The van der Waals surface area contributed by atoms with Crippen molar-refractivity contribution in [2.24, 2.45) is 0 Å². The smallest absolute Gasteiger partial charge is 0.306 e. The fourth-order valence-corrected chi connectivity index (χ4v) is 7.85. The zero-order chi connectivity index (χ0) is 57.1. The second-order valence-electron chi connectivity index (χ2n) is 19.8. The van der Waals surface area contributed by atoms with E-state index >= 15 is 0 Å². The number of unbranched alkanes of at least 4 members (excludes halogenated alkanes) is 13. The lowest BCUT2D eigenvalue weighted by atomic mass is 10.0. The SMILES string of the molecule is CC/C=C\C/C=C\C/C=C\C/C=C\C/C=C\C/C=C\CCC(=O)OC(COC(=O)CCC/C=C\C/C=C\C/C=C\C/C=C\C/C=C\CC)COC(=O)CCCCCCCCCCCCCC/C=C\C/C=C\C/C=C\C/C=C\CC. The number of carbonyl (C=O) groups excluding carboxylic acids is 3. The van der Waals surface area contributed by atoms with Crippen LogP contribution < -0.4 is 0 Å². The summed E-state index contributed by atoms with van der Waals surface area (Å²) in [4.78, 5) is 38.3. The van der Waals surface area contributed by atoms with Crippen LogP contribution in [0.5, 0.6) is 0 Å². The molecule has 0 N–H and O–H groups in total. The third-order valence-electron chi connectivity index (χ3n) is 12.4. The van der Waals surface area contributed by atoms with Gasteiger partial charge in [-0.3, -0.25) is 14.4 Å². The highest BCUT2D eigenvalue weighted by atomic mass is 16.6. The van der Waals surface area contributed by atoms with Crippen LogP contribution >= 0.6 is 0 Å². The third kappa shape index (κ3) is 63.2. The van der Waals surface area contributed by atoms with Gasteiger partial charge in [0.2, 0.25) is 0 Å². The molecule has 0 aliphatic heterocycles.